The topological polar surface area (TPSA) is 57.6 Å². The Bertz CT molecular complexity index is 482. The zero-order valence-electron chi connectivity index (χ0n) is 9.93. The van der Waals surface area contributed by atoms with Crippen molar-refractivity contribution in [2.75, 3.05) is 11.4 Å². The van der Waals surface area contributed by atoms with Crippen molar-refractivity contribution in [2.45, 2.75) is 20.3 Å². The second kappa shape index (κ2) is 4.20. The number of hydrogen-bond donors (Lipinski definition) is 1. The normalized spacial score (nSPS) is 15.5. The van der Waals surface area contributed by atoms with Crippen LogP contribution in [0.5, 0.6) is 0 Å². The molecule has 1 unspecified atom stereocenters. The molecule has 17 heavy (non-hydrogen) atoms. The Morgan fingerprint density at radius 2 is 2.12 bits per heavy atom. The van der Waals surface area contributed by atoms with Crippen molar-refractivity contribution < 1.29 is 14.7 Å². The number of carbonyl (C=O) groups is 2. The quantitative estimate of drug-likeness (QED) is 0.789. The highest BCUT2D eigenvalue weighted by molar-refractivity contribution is 6.06. The molecule has 1 aliphatic rings. The summed E-state index contributed by atoms with van der Waals surface area (Å²) in [5, 5.41) is 8.86. The number of carboxylic acids is 1. The van der Waals surface area contributed by atoms with Gasteiger partial charge in [0, 0.05) is 12.2 Å². The van der Waals surface area contributed by atoms with E-state index in [1.54, 1.807) is 4.90 Å². The average molecular weight is 233 g/mol. The van der Waals surface area contributed by atoms with E-state index >= 15 is 0 Å². The van der Waals surface area contributed by atoms with Crippen LogP contribution in [0.3, 0.4) is 0 Å². The Morgan fingerprint density at radius 3 is 2.76 bits per heavy atom. The number of carbonyl (C=O) groups excluding carboxylic acids is 1. The summed E-state index contributed by atoms with van der Waals surface area (Å²) in [7, 11) is 0. The fourth-order valence-corrected chi connectivity index (χ4v) is 2.10. The van der Waals surface area contributed by atoms with Crippen LogP contribution >= 0.6 is 0 Å². The summed E-state index contributed by atoms with van der Waals surface area (Å²) in [6.07, 6.45) is 0.801. The Hall–Kier alpha value is -1.84. The van der Waals surface area contributed by atoms with Crippen molar-refractivity contribution in [1.29, 1.82) is 0 Å². The van der Waals surface area contributed by atoms with Crippen molar-refractivity contribution >= 4 is 17.6 Å². The molecule has 0 aliphatic carbocycles. The number of rotatable bonds is 2. The molecule has 0 bridgehead atoms. The SMILES string of the molecule is Cc1ccc2c(c1)CCN2C(=O)C(C)C(=O)O. The maximum atomic E-state index is 12.0. The molecule has 0 spiro atoms. The van der Waals surface area contributed by atoms with Gasteiger partial charge in [0.2, 0.25) is 5.91 Å². The molecule has 0 radical (unpaired) electrons. The highest BCUT2D eigenvalue weighted by Gasteiger charge is 2.31. The van der Waals surface area contributed by atoms with Gasteiger partial charge in [0.1, 0.15) is 5.92 Å². The van der Waals surface area contributed by atoms with Gasteiger partial charge >= 0.3 is 5.97 Å². The molecule has 0 fully saturated rings. The Balaban J connectivity index is 2.28. The van der Waals surface area contributed by atoms with Crippen molar-refractivity contribution in [2.24, 2.45) is 5.92 Å². The van der Waals surface area contributed by atoms with Crippen LogP contribution in [0.25, 0.3) is 0 Å². The molecule has 4 heteroatoms. The maximum absolute atomic E-state index is 12.0. The Morgan fingerprint density at radius 1 is 1.41 bits per heavy atom. The molecule has 1 heterocycles. The molecule has 0 saturated carbocycles. The number of carboxylic acid groups (broad SMARTS) is 1. The van der Waals surface area contributed by atoms with E-state index in [-0.39, 0.29) is 5.91 Å². The lowest BCUT2D eigenvalue weighted by Gasteiger charge is -2.19. The van der Waals surface area contributed by atoms with Crippen LogP contribution in [-0.4, -0.2) is 23.5 Å². The number of aryl methyl sites for hydroxylation is 1. The third kappa shape index (κ3) is 2.02. The minimum Gasteiger partial charge on any atom is -0.481 e. The first-order valence-electron chi connectivity index (χ1n) is 5.64. The van der Waals surface area contributed by atoms with E-state index in [0.29, 0.717) is 6.54 Å². The van der Waals surface area contributed by atoms with E-state index in [2.05, 4.69) is 0 Å². The van der Waals surface area contributed by atoms with Crippen molar-refractivity contribution in [1.82, 2.24) is 0 Å². The molecule has 1 aliphatic heterocycles. The molecule has 1 amide bonds. The number of amides is 1. The van der Waals surface area contributed by atoms with E-state index in [1.165, 1.54) is 6.92 Å². The smallest absolute Gasteiger partial charge is 0.315 e. The van der Waals surface area contributed by atoms with Gasteiger partial charge in [-0.1, -0.05) is 17.7 Å². The summed E-state index contributed by atoms with van der Waals surface area (Å²) < 4.78 is 0. The Labute approximate surface area is 99.9 Å². The van der Waals surface area contributed by atoms with E-state index in [1.807, 2.05) is 25.1 Å². The molecule has 1 N–H and O–H groups in total. The van der Waals surface area contributed by atoms with Crippen molar-refractivity contribution in [3.8, 4) is 0 Å². The number of anilines is 1. The van der Waals surface area contributed by atoms with E-state index in [9.17, 15) is 9.59 Å². The fraction of sp³-hybridized carbons (Fsp3) is 0.385. The van der Waals surface area contributed by atoms with Gasteiger partial charge in [-0.25, -0.2) is 0 Å². The molecular weight excluding hydrogens is 218 g/mol. The summed E-state index contributed by atoms with van der Waals surface area (Å²) in [5.74, 6) is -2.39. The monoisotopic (exact) mass is 233 g/mol. The molecule has 1 atom stereocenters. The molecule has 1 aromatic rings. The lowest BCUT2D eigenvalue weighted by Crippen LogP contribution is -2.37. The average Bonchev–Trinajstić information content (AvgIpc) is 2.69. The third-order valence-electron chi connectivity index (χ3n) is 3.14. The van der Waals surface area contributed by atoms with Crippen LogP contribution in [0.1, 0.15) is 18.1 Å². The van der Waals surface area contributed by atoms with Crippen molar-refractivity contribution in [3.63, 3.8) is 0 Å². The van der Waals surface area contributed by atoms with Crippen LogP contribution in [0, 0.1) is 12.8 Å². The molecule has 1 aromatic carbocycles. The van der Waals surface area contributed by atoms with Crippen LogP contribution < -0.4 is 4.90 Å². The van der Waals surface area contributed by atoms with Crippen LogP contribution in [0.15, 0.2) is 18.2 Å². The predicted molar refractivity (Wildman–Crippen MR) is 64.0 cm³/mol. The first-order valence-corrected chi connectivity index (χ1v) is 5.64. The summed E-state index contributed by atoms with van der Waals surface area (Å²) >= 11 is 0. The molecule has 4 nitrogen and oxygen atoms in total. The molecular formula is C13H15NO3. The van der Waals surface area contributed by atoms with E-state index in [4.69, 9.17) is 5.11 Å². The number of aliphatic carboxylic acids is 1. The van der Waals surface area contributed by atoms with Gasteiger partial charge in [0.05, 0.1) is 0 Å². The number of benzene rings is 1. The minimum absolute atomic E-state index is 0.333. The number of fused-ring (bicyclic) bond motifs is 1. The minimum atomic E-state index is -1.07. The van der Waals surface area contributed by atoms with Crippen molar-refractivity contribution in [3.05, 3.63) is 29.3 Å². The predicted octanol–water partition coefficient (Wildman–Crippen LogP) is 1.60. The second-order valence-electron chi connectivity index (χ2n) is 4.43. The van der Waals surface area contributed by atoms with Gasteiger partial charge in [-0.2, -0.15) is 0 Å². The van der Waals surface area contributed by atoms with Crippen LogP contribution in [0.4, 0.5) is 5.69 Å². The molecule has 90 valence electrons. The largest absolute Gasteiger partial charge is 0.481 e. The molecule has 0 aromatic heterocycles. The first kappa shape index (κ1) is 11.6. The lowest BCUT2D eigenvalue weighted by molar-refractivity contribution is -0.145. The van der Waals surface area contributed by atoms with Crippen LogP contribution in [-0.2, 0) is 16.0 Å². The van der Waals surface area contributed by atoms with Gasteiger partial charge < -0.3 is 10.0 Å². The summed E-state index contributed by atoms with van der Waals surface area (Å²) in [6.45, 7) is 4.01. The molecule has 2 rings (SSSR count). The van der Waals surface area contributed by atoms with Gasteiger partial charge in [0.25, 0.3) is 0 Å². The highest BCUT2D eigenvalue weighted by Crippen LogP contribution is 2.29. The van der Waals surface area contributed by atoms with E-state index in [0.717, 1.165) is 23.2 Å². The zero-order valence-corrected chi connectivity index (χ0v) is 9.93. The molecule has 0 saturated heterocycles. The fourth-order valence-electron chi connectivity index (χ4n) is 2.10. The summed E-state index contributed by atoms with van der Waals surface area (Å²) in [4.78, 5) is 24.4. The van der Waals surface area contributed by atoms with E-state index < -0.39 is 11.9 Å². The third-order valence-corrected chi connectivity index (χ3v) is 3.14. The summed E-state index contributed by atoms with van der Waals surface area (Å²) in [5.41, 5.74) is 3.13. The zero-order chi connectivity index (χ0) is 12.6. The second-order valence-corrected chi connectivity index (χ2v) is 4.43. The van der Waals surface area contributed by atoms with Crippen LogP contribution in [0.2, 0.25) is 0 Å². The lowest BCUT2D eigenvalue weighted by atomic mass is 10.1. The summed E-state index contributed by atoms with van der Waals surface area (Å²) in [6, 6.07) is 5.88. The standard InChI is InChI=1S/C13H15NO3/c1-8-3-4-11-10(7-8)5-6-14(11)12(15)9(2)13(16)17/h3-4,7,9H,5-6H2,1-2H3,(H,16,17). The maximum Gasteiger partial charge on any atom is 0.315 e. The van der Waals surface area contributed by atoms with Gasteiger partial charge in [-0.15, -0.1) is 0 Å². The van der Waals surface area contributed by atoms with Gasteiger partial charge in [0.15, 0.2) is 0 Å². The number of nitrogens with zero attached hydrogens (tertiary/aromatic N) is 1. The Kier molecular flexibility index (Phi) is 2.88. The first-order chi connectivity index (χ1) is 8.00. The highest BCUT2D eigenvalue weighted by atomic mass is 16.4. The number of hydrogen-bond acceptors (Lipinski definition) is 2. The van der Waals surface area contributed by atoms with Gasteiger partial charge in [-0.3, -0.25) is 9.59 Å². The van der Waals surface area contributed by atoms with Gasteiger partial charge in [-0.05, 0) is 31.9 Å².